The number of ether oxygens (including phenoxy) is 1. The zero-order chi connectivity index (χ0) is 14.8. The van der Waals surface area contributed by atoms with E-state index in [0.717, 1.165) is 25.0 Å². The number of carbonyl (C=O) groups is 1. The Labute approximate surface area is 132 Å². The van der Waals surface area contributed by atoms with E-state index in [2.05, 4.69) is 0 Å². The summed E-state index contributed by atoms with van der Waals surface area (Å²) in [6, 6.07) is 6.72. The monoisotopic (exact) mass is 321 g/mol. The summed E-state index contributed by atoms with van der Waals surface area (Å²) >= 11 is 6.61. The van der Waals surface area contributed by atoms with Crippen molar-refractivity contribution in [3.63, 3.8) is 0 Å². The number of rotatable bonds is 3. The molecule has 2 aliphatic heterocycles. The van der Waals surface area contributed by atoms with Crippen LogP contribution < -0.4 is 0 Å². The van der Waals surface area contributed by atoms with Crippen molar-refractivity contribution in [3.8, 4) is 5.75 Å². The molecule has 1 aromatic carbocycles. The summed E-state index contributed by atoms with van der Waals surface area (Å²) < 4.78 is 6.15. The maximum absolute atomic E-state index is 12.4. The topological polar surface area (TPSA) is 49.8 Å². The molecule has 1 atom stereocenters. The summed E-state index contributed by atoms with van der Waals surface area (Å²) in [6.07, 6.45) is 3.92. The van der Waals surface area contributed by atoms with Gasteiger partial charge in [-0.05, 0) is 36.6 Å². The number of phenols is 1. The third kappa shape index (κ3) is 3.28. The van der Waals surface area contributed by atoms with Gasteiger partial charge >= 0.3 is 0 Å². The first-order valence-corrected chi connectivity index (χ1v) is 8.02. The fourth-order valence-electron chi connectivity index (χ4n) is 2.37. The third-order valence-corrected chi connectivity index (χ3v) is 4.85. The molecule has 0 aliphatic carbocycles. The van der Waals surface area contributed by atoms with E-state index in [0.29, 0.717) is 15.8 Å². The second kappa shape index (κ2) is 6.17. The van der Waals surface area contributed by atoms with Crippen LogP contribution in [0.3, 0.4) is 0 Å². The average molecular weight is 321 g/mol. The fourth-order valence-corrected chi connectivity index (χ4v) is 3.65. The van der Waals surface area contributed by atoms with Crippen LogP contribution in [0.1, 0.15) is 18.4 Å². The van der Waals surface area contributed by atoms with Gasteiger partial charge in [0.25, 0.3) is 5.91 Å². The number of thioether (sulfide) groups is 1. The molecule has 1 aromatic rings. The minimum atomic E-state index is -0.0615. The molecule has 2 aliphatic rings. The van der Waals surface area contributed by atoms with E-state index >= 15 is 0 Å². The first kappa shape index (κ1) is 14.6. The lowest BCUT2D eigenvalue weighted by molar-refractivity contribution is -0.123. The van der Waals surface area contributed by atoms with Gasteiger partial charge in [0.05, 0.1) is 17.6 Å². The Morgan fingerprint density at radius 1 is 1.43 bits per heavy atom. The van der Waals surface area contributed by atoms with Crippen LogP contribution in [-0.4, -0.2) is 39.5 Å². The number of aromatic hydroxyl groups is 1. The van der Waals surface area contributed by atoms with Gasteiger partial charge in [0.15, 0.2) is 0 Å². The summed E-state index contributed by atoms with van der Waals surface area (Å²) in [7, 11) is 0. The van der Waals surface area contributed by atoms with Crippen molar-refractivity contribution in [2.45, 2.75) is 18.9 Å². The molecule has 1 amide bonds. The van der Waals surface area contributed by atoms with Gasteiger partial charge in [-0.1, -0.05) is 36.1 Å². The summed E-state index contributed by atoms with van der Waals surface area (Å²) in [5, 5.41) is 9.28. The maximum Gasteiger partial charge on any atom is 0.266 e. The molecule has 0 bridgehead atoms. The van der Waals surface area contributed by atoms with Gasteiger partial charge in [-0.25, -0.2) is 0 Å². The highest BCUT2D eigenvalue weighted by Gasteiger charge is 2.34. The molecule has 0 aromatic heterocycles. The van der Waals surface area contributed by atoms with Crippen molar-refractivity contribution in [1.29, 1.82) is 0 Å². The second-order valence-corrected chi connectivity index (χ2v) is 6.69. The molecule has 0 saturated carbocycles. The van der Waals surface area contributed by atoms with Crippen molar-refractivity contribution in [2.75, 3.05) is 13.2 Å². The lowest BCUT2D eigenvalue weighted by Crippen LogP contribution is -2.35. The molecule has 2 heterocycles. The predicted molar refractivity (Wildman–Crippen MR) is 87.0 cm³/mol. The molecule has 0 radical (unpaired) electrons. The summed E-state index contributed by atoms with van der Waals surface area (Å²) in [5.41, 5.74) is 0.866. The molecule has 0 unspecified atom stereocenters. The van der Waals surface area contributed by atoms with Crippen LogP contribution in [0.15, 0.2) is 29.2 Å². The van der Waals surface area contributed by atoms with Crippen LogP contribution in [0.25, 0.3) is 6.08 Å². The normalized spacial score (nSPS) is 24.3. The zero-order valence-electron chi connectivity index (χ0n) is 11.3. The van der Waals surface area contributed by atoms with Crippen molar-refractivity contribution in [2.24, 2.45) is 0 Å². The van der Waals surface area contributed by atoms with Gasteiger partial charge in [0, 0.05) is 6.61 Å². The van der Waals surface area contributed by atoms with Gasteiger partial charge in [-0.3, -0.25) is 9.69 Å². The van der Waals surface area contributed by atoms with Gasteiger partial charge in [-0.2, -0.15) is 0 Å². The van der Waals surface area contributed by atoms with Crippen molar-refractivity contribution < 1.29 is 14.6 Å². The van der Waals surface area contributed by atoms with Crippen molar-refractivity contribution >= 4 is 40.3 Å². The van der Waals surface area contributed by atoms with E-state index in [-0.39, 0.29) is 17.8 Å². The number of amides is 1. The number of hydrogen-bond acceptors (Lipinski definition) is 5. The van der Waals surface area contributed by atoms with E-state index in [1.54, 1.807) is 35.2 Å². The quantitative estimate of drug-likeness (QED) is 0.685. The van der Waals surface area contributed by atoms with E-state index < -0.39 is 0 Å². The van der Waals surface area contributed by atoms with Crippen LogP contribution in [0.5, 0.6) is 5.75 Å². The Kier molecular flexibility index (Phi) is 4.28. The highest BCUT2D eigenvalue weighted by Crippen LogP contribution is 2.33. The van der Waals surface area contributed by atoms with E-state index in [4.69, 9.17) is 17.0 Å². The van der Waals surface area contributed by atoms with E-state index in [9.17, 15) is 9.90 Å². The minimum Gasteiger partial charge on any atom is -0.508 e. The SMILES string of the molecule is O=C1C(=Cc2ccc(O)cc2)SC(=S)N1C[C@H]1CCCO1. The lowest BCUT2D eigenvalue weighted by atomic mass is 10.2. The van der Waals surface area contributed by atoms with Crippen LogP contribution in [0.2, 0.25) is 0 Å². The molecule has 21 heavy (non-hydrogen) atoms. The first-order valence-electron chi connectivity index (χ1n) is 6.79. The second-order valence-electron chi connectivity index (χ2n) is 5.02. The molecule has 2 fully saturated rings. The van der Waals surface area contributed by atoms with E-state index in [1.807, 2.05) is 0 Å². The number of phenolic OH excluding ortho intramolecular Hbond substituents is 1. The first-order chi connectivity index (χ1) is 10.1. The standard InChI is InChI=1S/C15H15NO3S2/c17-11-5-3-10(4-6-11)8-13-14(18)16(15(20)21-13)9-12-2-1-7-19-12/h3-6,8,12,17H,1-2,7,9H2/t12-/m1/s1. The number of nitrogens with zero attached hydrogens (tertiary/aromatic N) is 1. The Hall–Kier alpha value is -1.37. The molecule has 0 spiro atoms. The smallest absolute Gasteiger partial charge is 0.266 e. The summed E-state index contributed by atoms with van der Waals surface area (Å²) in [4.78, 5) is 14.7. The van der Waals surface area contributed by atoms with Crippen LogP contribution in [0, 0.1) is 0 Å². The van der Waals surface area contributed by atoms with Crippen LogP contribution in [0.4, 0.5) is 0 Å². The minimum absolute atomic E-state index is 0.0615. The van der Waals surface area contributed by atoms with Gasteiger partial charge < -0.3 is 9.84 Å². The molecule has 6 heteroatoms. The molecule has 3 rings (SSSR count). The number of benzene rings is 1. The van der Waals surface area contributed by atoms with Gasteiger partial charge in [0.1, 0.15) is 10.1 Å². The number of hydrogen-bond donors (Lipinski definition) is 1. The molecule has 1 N–H and O–H groups in total. The molecular formula is C15H15NO3S2. The molecule has 110 valence electrons. The number of carbonyl (C=O) groups excluding carboxylic acids is 1. The summed E-state index contributed by atoms with van der Waals surface area (Å²) in [5.74, 6) is 0.145. The summed E-state index contributed by atoms with van der Waals surface area (Å²) in [6.45, 7) is 1.31. The molecule has 4 nitrogen and oxygen atoms in total. The van der Waals surface area contributed by atoms with Crippen molar-refractivity contribution in [1.82, 2.24) is 4.90 Å². The highest BCUT2D eigenvalue weighted by atomic mass is 32.2. The fraction of sp³-hybridized carbons (Fsp3) is 0.333. The van der Waals surface area contributed by atoms with Crippen molar-refractivity contribution in [3.05, 3.63) is 34.7 Å². The third-order valence-electron chi connectivity index (χ3n) is 3.47. The Morgan fingerprint density at radius 2 is 2.19 bits per heavy atom. The van der Waals surface area contributed by atoms with E-state index in [1.165, 1.54) is 11.8 Å². The zero-order valence-corrected chi connectivity index (χ0v) is 13.0. The Balaban J connectivity index is 1.74. The predicted octanol–water partition coefficient (Wildman–Crippen LogP) is 2.77. The van der Waals surface area contributed by atoms with Gasteiger partial charge in [-0.15, -0.1) is 0 Å². The Morgan fingerprint density at radius 3 is 2.86 bits per heavy atom. The maximum atomic E-state index is 12.4. The lowest BCUT2D eigenvalue weighted by Gasteiger charge is -2.18. The number of thiocarbonyl (C=S) groups is 1. The van der Waals surface area contributed by atoms with Crippen LogP contribution in [-0.2, 0) is 9.53 Å². The van der Waals surface area contributed by atoms with Gasteiger partial charge in [0.2, 0.25) is 0 Å². The average Bonchev–Trinajstić information content (AvgIpc) is 3.06. The Bertz CT molecular complexity index is 591. The molecular weight excluding hydrogens is 306 g/mol. The highest BCUT2D eigenvalue weighted by molar-refractivity contribution is 8.26. The van der Waals surface area contributed by atoms with Crippen LogP contribution >= 0.6 is 24.0 Å². The molecule has 2 saturated heterocycles. The largest absolute Gasteiger partial charge is 0.508 e.